The second-order valence-electron chi connectivity index (χ2n) is 8.57. The van der Waals surface area contributed by atoms with E-state index < -0.39 is 29.6 Å². The van der Waals surface area contributed by atoms with Crippen LogP contribution in [0.3, 0.4) is 0 Å². The van der Waals surface area contributed by atoms with Crippen LogP contribution < -0.4 is 26.2 Å². The molecule has 0 aliphatic rings. The molecule has 0 aliphatic carbocycles. The molecule has 1 atom stereocenters. The third kappa shape index (κ3) is 6.69. The van der Waals surface area contributed by atoms with Crippen LogP contribution in [0.15, 0.2) is 35.4 Å². The summed E-state index contributed by atoms with van der Waals surface area (Å²) in [4.78, 5) is 59.2. The number of anilines is 2. The molecule has 39 heavy (non-hydrogen) atoms. The van der Waals surface area contributed by atoms with Crippen molar-refractivity contribution in [2.45, 2.75) is 39.7 Å². The van der Waals surface area contributed by atoms with Gasteiger partial charge in [0.2, 0.25) is 5.56 Å². The third-order valence-corrected chi connectivity index (χ3v) is 5.82. The first-order valence-corrected chi connectivity index (χ1v) is 12.2. The monoisotopic (exact) mass is 538 g/mol. The summed E-state index contributed by atoms with van der Waals surface area (Å²) in [6.45, 7) is 5.80. The zero-order valence-electron chi connectivity index (χ0n) is 21.9. The average Bonchev–Trinajstić information content (AvgIpc) is 2.89. The van der Waals surface area contributed by atoms with Gasteiger partial charge in [-0.1, -0.05) is 13.3 Å². The number of nitrogens with zero attached hydrogens (tertiary/aromatic N) is 2. The minimum atomic E-state index is -1.27. The van der Waals surface area contributed by atoms with Gasteiger partial charge in [0.1, 0.15) is 11.6 Å². The lowest BCUT2D eigenvalue weighted by atomic mass is 9.98. The number of urea groups is 1. The molecular formula is C26H30N6O7. The van der Waals surface area contributed by atoms with Crippen molar-refractivity contribution in [3.8, 4) is 17.1 Å². The van der Waals surface area contributed by atoms with Crippen molar-refractivity contribution in [3.05, 3.63) is 63.2 Å². The van der Waals surface area contributed by atoms with Crippen LogP contribution in [0.5, 0.6) is 5.75 Å². The number of aryl methyl sites for hydroxylation is 1. The molecule has 3 rings (SSSR count). The highest BCUT2D eigenvalue weighted by molar-refractivity contribution is 6.00. The number of pyridine rings is 1. The van der Waals surface area contributed by atoms with E-state index in [0.717, 1.165) is 6.07 Å². The molecule has 0 radical (unpaired) electrons. The first-order valence-electron chi connectivity index (χ1n) is 12.2. The predicted octanol–water partition coefficient (Wildman–Crippen LogP) is 3.64. The molecule has 1 aromatic carbocycles. The number of carboxylic acid groups (broad SMARTS) is 2. The lowest BCUT2D eigenvalue weighted by Gasteiger charge is -2.22. The van der Waals surface area contributed by atoms with Crippen LogP contribution in [-0.2, 0) is 0 Å². The smallest absolute Gasteiger partial charge is 0.336 e. The van der Waals surface area contributed by atoms with Crippen molar-refractivity contribution in [3.63, 3.8) is 0 Å². The summed E-state index contributed by atoms with van der Waals surface area (Å²) in [7, 11) is 1.38. The highest BCUT2D eigenvalue weighted by atomic mass is 16.5. The maximum Gasteiger partial charge on any atom is 0.336 e. The molecule has 0 fully saturated rings. The number of aromatic nitrogens is 3. The Morgan fingerprint density at radius 2 is 1.82 bits per heavy atom. The number of hydrogen-bond acceptors (Lipinski definition) is 8. The molecule has 1 unspecified atom stereocenters. The molecule has 13 heteroatoms. The van der Waals surface area contributed by atoms with Crippen LogP contribution in [0.25, 0.3) is 11.4 Å². The number of aromatic amines is 1. The number of carbonyl (C=O) groups excluding carboxylic acids is 1. The normalized spacial score (nSPS) is 11.4. The van der Waals surface area contributed by atoms with E-state index in [1.165, 1.54) is 31.6 Å². The summed E-state index contributed by atoms with van der Waals surface area (Å²) < 4.78 is 5.38. The number of H-pyrrole nitrogens is 1. The third-order valence-electron chi connectivity index (χ3n) is 5.82. The number of amides is 2. The Bertz CT molecular complexity index is 1450. The van der Waals surface area contributed by atoms with Crippen LogP contribution in [0.1, 0.15) is 64.6 Å². The van der Waals surface area contributed by atoms with E-state index in [-0.39, 0.29) is 34.0 Å². The standard InChI is InChI=1S/C26H30N6O7/c1-5-7-18(17-12-28-21(33)10-16(17)25(36)37)30-22-13(3)11-29-23(32-22)14-9-20(39-4)19(8-15(14)24(34)35)31-26(38)27-6-2/h8-12,18H,5-7H2,1-4H3,(H,28,33)(H,34,35)(H,36,37)(H2,27,31,38)(H,29,30,32). The largest absolute Gasteiger partial charge is 0.495 e. The lowest BCUT2D eigenvalue weighted by molar-refractivity contribution is 0.0685. The van der Waals surface area contributed by atoms with Gasteiger partial charge in [0.15, 0.2) is 5.82 Å². The summed E-state index contributed by atoms with van der Waals surface area (Å²) >= 11 is 0. The van der Waals surface area contributed by atoms with Crippen LogP contribution in [0.4, 0.5) is 16.3 Å². The SMILES string of the molecule is CCCC(Nc1nc(-c2cc(OC)c(NC(=O)NCC)cc2C(=O)O)ncc1C)c1c[nH]c(=O)cc1C(=O)O. The first-order chi connectivity index (χ1) is 18.6. The number of methoxy groups -OCH3 is 1. The quantitative estimate of drug-likeness (QED) is 0.210. The zero-order valence-corrected chi connectivity index (χ0v) is 21.9. The summed E-state index contributed by atoms with van der Waals surface area (Å²) in [5.74, 6) is -1.89. The summed E-state index contributed by atoms with van der Waals surface area (Å²) in [6.07, 6.45) is 4.08. The van der Waals surface area contributed by atoms with Crippen LogP contribution in [-0.4, -0.2) is 56.8 Å². The van der Waals surface area contributed by atoms with E-state index in [2.05, 4.69) is 30.9 Å². The molecular weight excluding hydrogens is 508 g/mol. The fourth-order valence-corrected chi connectivity index (χ4v) is 3.97. The van der Waals surface area contributed by atoms with Crippen molar-refractivity contribution < 1.29 is 29.3 Å². The molecule has 0 bridgehead atoms. The van der Waals surface area contributed by atoms with Gasteiger partial charge in [-0.3, -0.25) is 4.79 Å². The van der Waals surface area contributed by atoms with Crippen molar-refractivity contribution in [2.24, 2.45) is 0 Å². The Kier molecular flexibility index (Phi) is 9.20. The highest BCUT2D eigenvalue weighted by Crippen LogP contribution is 2.34. The van der Waals surface area contributed by atoms with Gasteiger partial charge >= 0.3 is 18.0 Å². The fraction of sp³-hybridized carbons (Fsp3) is 0.308. The Labute approximate surface area is 223 Å². The Balaban J connectivity index is 2.09. The van der Waals surface area contributed by atoms with Crippen LogP contribution >= 0.6 is 0 Å². The zero-order chi connectivity index (χ0) is 28.7. The van der Waals surface area contributed by atoms with Crippen LogP contribution in [0, 0.1) is 6.92 Å². The number of rotatable bonds is 11. The number of aromatic carboxylic acids is 2. The maximum atomic E-state index is 12.2. The molecule has 206 valence electrons. The van der Waals surface area contributed by atoms with Gasteiger partial charge < -0.3 is 35.9 Å². The number of carbonyl (C=O) groups is 3. The molecule has 0 saturated heterocycles. The van der Waals surface area contributed by atoms with E-state index in [9.17, 15) is 29.4 Å². The molecule has 0 saturated carbocycles. The number of hydrogen-bond donors (Lipinski definition) is 6. The van der Waals surface area contributed by atoms with Gasteiger partial charge in [-0.25, -0.2) is 24.4 Å². The Morgan fingerprint density at radius 3 is 2.44 bits per heavy atom. The molecule has 2 amide bonds. The Hall–Kier alpha value is -4.94. The van der Waals surface area contributed by atoms with Crippen molar-refractivity contribution >= 4 is 29.5 Å². The summed E-state index contributed by atoms with van der Waals surface area (Å²) in [5.41, 5.74) is 0.452. The van der Waals surface area contributed by atoms with Crippen molar-refractivity contribution in [1.29, 1.82) is 0 Å². The van der Waals surface area contributed by atoms with Gasteiger partial charge in [0.25, 0.3) is 0 Å². The van der Waals surface area contributed by atoms with E-state index in [1.54, 1.807) is 13.8 Å². The van der Waals surface area contributed by atoms with Crippen molar-refractivity contribution in [2.75, 3.05) is 24.3 Å². The maximum absolute atomic E-state index is 12.2. The minimum absolute atomic E-state index is 0.0681. The Morgan fingerprint density at radius 1 is 1.10 bits per heavy atom. The molecule has 0 aliphatic heterocycles. The van der Waals surface area contributed by atoms with Crippen LogP contribution in [0.2, 0.25) is 0 Å². The molecule has 13 nitrogen and oxygen atoms in total. The molecule has 2 heterocycles. The topological polar surface area (TPSA) is 196 Å². The van der Waals surface area contributed by atoms with Gasteiger partial charge in [-0.05, 0) is 32.4 Å². The van der Waals surface area contributed by atoms with E-state index in [4.69, 9.17) is 4.74 Å². The van der Waals surface area contributed by atoms with Gasteiger partial charge in [0, 0.05) is 41.7 Å². The molecule has 3 aromatic rings. The minimum Gasteiger partial charge on any atom is -0.495 e. The average molecular weight is 539 g/mol. The second kappa shape index (κ2) is 12.5. The fourth-order valence-electron chi connectivity index (χ4n) is 3.97. The summed E-state index contributed by atoms with van der Waals surface area (Å²) in [5, 5.41) is 28.0. The van der Waals surface area contributed by atoms with E-state index >= 15 is 0 Å². The van der Waals surface area contributed by atoms with E-state index in [1.807, 2.05) is 6.92 Å². The number of carboxylic acids is 2. The number of ether oxygens (including phenoxy) is 1. The van der Waals surface area contributed by atoms with E-state index in [0.29, 0.717) is 36.3 Å². The second-order valence-corrected chi connectivity index (χ2v) is 8.57. The lowest BCUT2D eigenvalue weighted by Crippen LogP contribution is -2.28. The van der Waals surface area contributed by atoms with Gasteiger partial charge in [0.05, 0.1) is 30.0 Å². The predicted molar refractivity (Wildman–Crippen MR) is 144 cm³/mol. The molecule has 0 spiro atoms. The molecule has 6 N–H and O–H groups in total. The first kappa shape index (κ1) is 28.6. The molecule has 2 aromatic heterocycles. The van der Waals surface area contributed by atoms with Gasteiger partial charge in [-0.15, -0.1) is 0 Å². The summed E-state index contributed by atoms with van der Waals surface area (Å²) in [6, 6.07) is 2.66. The van der Waals surface area contributed by atoms with Crippen molar-refractivity contribution in [1.82, 2.24) is 20.3 Å². The number of nitrogens with one attached hydrogen (secondary N) is 4. The highest BCUT2D eigenvalue weighted by Gasteiger charge is 2.23. The number of benzene rings is 1. The van der Waals surface area contributed by atoms with Gasteiger partial charge in [-0.2, -0.15) is 0 Å².